The highest BCUT2D eigenvalue weighted by Gasteiger charge is 2.23. The van der Waals surface area contributed by atoms with Gasteiger partial charge in [-0.3, -0.25) is 4.79 Å². The lowest BCUT2D eigenvalue weighted by atomic mass is 10.1. The number of hydrogen-bond donors (Lipinski definition) is 2. The zero-order valence-electron chi connectivity index (χ0n) is 15.7. The van der Waals surface area contributed by atoms with Gasteiger partial charge in [0.25, 0.3) is 5.91 Å². The fourth-order valence-corrected chi connectivity index (χ4v) is 2.82. The number of nitrogens with zero attached hydrogens (tertiary/aromatic N) is 3. The highest BCUT2D eigenvalue weighted by atomic mass is 16.6. The summed E-state index contributed by atoms with van der Waals surface area (Å²) in [6, 6.07) is 0.226. The molecule has 2 amide bonds. The highest BCUT2D eigenvalue weighted by Crippen LogP contribution is 2.15. The molecule has 0 aromatic carbocycles. The van der Waals surface area contributed by atoms with Crippen LogP contribution in [0.4, 0.5) is 10.6 Å². The van der Waals surface area contributed by atoms with E-state index in [0.29, 0.717) is 37.8 Å². The van der Waals surface area contributed by atoms with E-state index in [1.807, 2.05) is 0 Å². The summed E-state index contributed by atoms with van der Waals surface area (Å²) < 4.78 is 5.02. The van der Waals surface area contributed by atoms with Crippen LogP contribution in [0, 0.1) is 0 Å². The van der Waals surface area contributed by atoms with Crippen LogP contribution in [0.1, 0.15) is 56.4 Å². The van der Waals surface area contributed by atoms with E-state index < -0.39 is 0 Å². The number of carbonyl (C=O) groups is 2. The molecule has 2 heterocycles. The number of likely N-dealkylation sites (tertiary alicyclic amines) is 1. The first-order chi connectivity index (χ1) is 12.6. The average molecular weight is 363 g/mol. The Morgan fingerprint density at radius 1 is 1.19 bits per heavy atom. The van der Waals surface area contributed by atoms with Gasteiger partial charge in [0.05, 0.1) is 19.0 Å². The maximum Gasteiger partial charge on any atom is 0.409 e. The molecule has 0 spiro atoms. The molecule has 1 aliphatic rings. The number of piperidine rings is 1. The van der Waals surface area contributed by atoms with Crippen LogP contribution in [-0.2, 0) is 4.74 Å². The van der Waals surface area contributed by atoms with E-state index in [0.717, 1.165) is 32.1 Å². The van der Waals surface area contributed by atoms with Crippen LogP contribution in [0.25, 0.3) is 0 Å². The Bertz CT molecular complexity index is 571. The normalized spacial score (nSPS) is 14.8. The Kier molecular flexibility index (Phi) is 8.11. The number of carbonyl (C=O) groups excluding carboxylic acids is 2. The summed E-state index contributed by atoms with van der Waals surface area (Å²) in [5.74, 6) is 0.449. The lowest BCUT2D eigenvalue weighted by Gasteiger charge is -2.31. The third kappa shape index (κ3) is 6.16. The molecular formula is C18H29N5O3. The van der Waals surface area contributed by atoms with Crippen LogP contribution in [0.15, 0.2) is 12.4 Å². The molecule has 2 N–H and O–H groups in total. The summed E-state index contributed by atoms with van der Waals surface area (Å²) in [5, 5.41) is 6.16. The van der Waals surface area contributed by atoms with Gasteiger partial charge in [0.15, 0.2) is 0 Å². The van der Waals surface area contributed by atoms with E-state index in [1.165, 1.54) is 6.20 Å². The zero-order chi connectivity index (χ0) is 18.8. The van der Waals surface area contributed by atoms with Gasteiger partial charge in [-0.25, -0.2) is 14.8 Å². The molecule has 0 atom stereocenters. The number of anilines is 1. The van der Waals surface area contributed by atoms with E-state index >= 15 is 0 Å². The van der Waals surface area contributed by atoms with Gasteiger partial charge in [-0.2, -0.15) is 0 Å². The molecule has 0 aliphatic carbocycles. The monoisotopic (exact) mass is 363 g/mol. The molecule has 0 unspecified atom stereocenters. The number of rotatable bonds is 8. The van der Waals surface area contributed by atoms with Crippen molar-refractivity contribution in [1.29, 1.82) is 0 Å². The number of amides is 2. The maximum absolute atomic E-state index is 12.0. The highest BCUT2D eigenvalue weighted by molar-refractivity contribution is 5.91. The molecule has 1 fully saturated rings. The minimum Gasteiger partial charge on any atom is -0.450 e. The number of hydrogen-bond acceptors (Lipinski definition) is 6. The van der Waals surface area contributed by atoms with Gasteiger partial charge in [-0.05, 0) is 26.2 Å². The molecule has 1 saturated heterocycles. The van der Waals surface area contributed by atoms with Crippen LogP contribution >= 0.6 is 0 Å². The average Bonchev–Trinajstić information content (AvgIpc) is 2.66. The van der Waals surface area contributed by atoms with E-state index in [4.69, 9.17) is 4.74 Å². The second-order valence-corrected chi connectivity index (χ2v) is 6.35. The van der Waals surface area contributed by atoms with Crippen LogP contribution < -0.4 is 10.6 Å². The van der Waals surface area contributed by atoms with Gasteiger partial charge in [-0.1, -0.05) is 19.8 Å². The van der Waals surface area contributed by atoms with Gasteiger partial charge >= 0.3 is 6.09 Å². The topological polar surface area (TPSA) is 96.5 Å². The lowest BCUT2D eigenvalue weighted by Crippen LogP contribution is -2.42. The molecule has 0 bridgehead atoms. The summed E-state index contributed by atoms with van der Waals surface area (Å²) in [4.78, 5) is 33.9. The van der Waals surface area contributed by atoms with Gasteiger partial charge in [0, 0.05) is 25.7 Å². The standard InChI is InChI=1S/C18H29N5O3/c1-3-5-6-9-19-17(24)15-12-21-16(13-20-15)22-14-7-10-23(11-8-14)18(25)26-4-2/h12-14H,3-11H2,1-2H3,(H,19,24)(H,21,22). The van der Waals surface area contributed by atoms with Crippen molar-refractivity contribution < 1.29 is 14.3 Å². The molecule has 0 saturated carbocycles. The van der Waals surface area contributed by atoms with Crippen molar-refractivity contribution in [2.75, 3.05) is 31.6 Å². The molecular weight excluding hydrogens is 334 g/mol. The molecule has 8 nitrogen and oxygen atoms in total. The summed E-state index contributed by atoms with van der Waals surface area (Å²) in [7, 11) is 0. The molecule has 144 valence electrons. The second kappa shape index (κ2) is 10.6. The van der Waals surface area contributed by atoms with Gasteiger partial charge in [-0.15, -0.1) is 0 Å². The predicted molar refractivity (Wildman–Crippen MR) is 99.1 cm³/mol. The number of nitrogens with one attached hydrogen (secondary N) is 2. The van der Waals surface area contributed by atoms with Crippen molar-refractivity contribution in [3.63, 3.8) is 0 Å². The Morgan fingerprint density at radius 3 is 2.58 bits per heavy atom. The van der Waals surface area contributed by atoms with Crippen molar-refractivity contribution in [2.24, 2.45) is 0 Å². The minimum absolute atomic E-state index is 0.192. The fraction of sp³-hybridized carbons (Fsp3) is 0.667. The van der Waals surface area contributed by atoms with Crippen LogP contribution in [0.2, 0.25) is 0 Å². The Labute approximate surface area is 154 Å². The molecule has 0 radical (unpaired) electrons. The largest absolute Gasteiger partial charge is 0.450 e. The van der Waals surface area contributed by atoms with E-state index in [9.17, 15) is 9.59 Å². The first-order valence-electron chi connectivity index (χ1n) is 9.42. The zero-order valence-corrected chi connectivity index (χ0v) is 15.7. The second-order valence-electron chi connectivity index (χ2n) is 6.35. The van der Waals surface area contributed by atoms with Gasteiger partial charge in [0.1, 0.15) is 11.5 Å². The number of ether oxygens (including phenoxy) is 1. The SMILES string of the molecule is CCCCCNC(=O)c1cnc(NC2CCN(C(=O)OCC)CC2)cn1. The molecule has 2 rings (SSSR count). The van der Waals surface area contributed by atoms with Crippen LogP contribution in [-0.4, -0.2) is 59.2 Å². The lowest BCUT2D eigenvalue weighted by molar-refractivity contribution is 0.0946. The van der Waals surface area contributed by atoms with Crippen molar-refractivity contribution in [2.45, 2.75) is 52.0 Å². The summed E-state index contributed by atoms with van der Waals surface area (Å²) >= 11 is 0. The van der Waals surface area contributed by atoms with Gasteiger partial charge in [0.2, 0.25) is 0 Å². The quantitative estimate of drug-likeness (QED) is 0.689. The minimum atomic E-state index is -0.250. The van der Waals surface area contributed by atoms with Crippen molar-refractivity contribution >= 4 is 17.8 Å². The molecule has 1 aromatic heterocycles. The van der Waals surface area contributed by atoms with Crippen molar-refractivity contribution in [3.05, 3.63) is 18.1 Å². The molecule has 1 aliphatic heterocycles. The molecule has 8 heteroatoms. The first kappa shape index (κ1) is 19.9. The fourth-order valence-electron chi connectivity index (χ4n) is 2.82. The number of unbranched alkanes of at least 4 members (excludes halogenated alkanes) is 2. The Balaban J connectivity index is 1.75. The predicted octanol–water partition coefficient (Wildman–Crippen LogP) is 2.43. The van der Waals surface area contributed by atoms with Crippen molar-refractivity contribution in [1.82, 2.24) is 20.2 Å². The maximum atomic E-state index is 12.0. The summed E-state index contributed by atoms with van der Waals surface area (Å²) in [6.07, 6.45) is 7.66. The van der Waals surface area contributed by atoms with E-state index in [2.05, 4.69) is 27.5 Å². The van der Waals surface area contributed by atoms with E-state index in [1.54, 1.807) is 18.0 Å². The van der Waals surface area contributed by atoms with Gasteiger partial charge < -0.3 is 20.3 Å². The Morgan fingerprint density at radius 2 is 1.96 bits per heavy atom. The van der Waals surface area contributed by atoms with Crippen LogP contribution in [0.3, 0.4) is 0 Å². The molecule has 1 aromatic rings. The number of aromatic nitrogens is 2. The van der Waals surface area contributed by atoms with Crippen molar-refractivity contribution in [3.8, 4) is 0 Å². The first-order valence-corrected chi connectivity index (χ1v) is 9.42. The van der Waals surface area contributed by atoms with Crippen LogP contribution in [0.5, 0.6) is 0 Å². The Hall–Kier alpha value is -2.38. The summed E-state index contributed by atoms with van der Waals surface area (Å²) in [5.41, 5.74) is 0.323. The summed E-state index contributed by atoms with van der Waals surface area (Å²) in [6.45, 7) is 6.29. The third-order valence-corrected chi connectivity index (χ3v) is 4.32. The molecule has 26 heavy (non-hydrogen) atoms. The third-order valence-electron chi connectivity index (χ3n) is 4.32. The van der Waals surface area contributed by atoms with E-state index in [-0.39, 0.29) is 18.0 Å². The smallest absolute Gasteiger partial charge is 0.409 e.